The van der Waals surface area contributed by atoms with Crippen molar-refractivity contribution < 1.29 is 4.42 Å². The fourth-order valence-electron chi connectivity index (χ4n) is 8.39. The van der Waals surface area contributed by atoms with Crippen LogP contribution >= 0.6 is 0 Å². The van der Waals surface area contributed by atoms with Crippen LogP contribution in [0.25, 0.3) is 72.2 Å². The van der Waals surface area contributed by atoms with Crippen molar-refractivity contribution in [2.45, 2.75) is 40.0 Å². The number of aromatic nitrogens is 1. The molecule has 3 nitrogen and oxygen atoms in total. The number of nitrogens with zero attached hydrogens (tertiary/aromatic N) is 1. The van der Waals surface area contributed by atoms with Gasteiger partial charge in [-0.15, -0.1) is 0 Å². The average molecular weight is 727 g/mol. The van der Waals surface area contributed by atoms with Crippen LogP contribution < -0.4 is 0 Å². The molecule has 274 valence electrons. The molecule has 7 aromatic carbocycles. The smallest absolute Gasteiger partial charge is 0.136 e. The molecule has 0 unspecified atom stereocenters. The average Bonchev–Trinajstić information content (AvgIpc) is 3.88. The summed E-state index contributed by atoms with van der Waals surface area (Å²) in [4.78, 5) is 0. The summed E-state index contributed by atoms with van der Waals surface area (Å²) in [6.45, 7) is 14.6. The third kappa shape index (κ3) is 6.06. The standard InChI is InChI=1S/C37H30N2.C14H10O.C2H6/c1-24(22-32(38)25-12-5-4-6-13-25)26-14-11-15-27(23-26)39-33-19-10-8-17-29(33)36-34(39)21-20-31-35(36)28-16-7-9-18-30(28)37(31,2)3;1-2-10-6-5-9-13-14(10)11-7-3-4-8-12(11)15-13;1-2/h4-23,38H,1-3H3;2-9H,1H2;1-2H3/b24-22+,38-32?;;. The quantitative estimate of drug-likeness (QED) is 0.176. The molecule has 1 aliphatic rings. The van der Waals surface area contributed by atoms with Crippen molar-refractivity contribution >= 4 is 61.1 Å². The van der Waals surface area contributed by atoms with Gasteiger partial charge >= 0.3 is 0 Å². The highest BCUT2D eigenvalue weighted by Gasteiger charge is 2.37. The molecule has 1 aliphatic carbocycles. The molecular weight excluding hydrogens is 681 g/mol. The van der Waals surface area contributed by atoms with E-state index in [9.17, 15) is 0 Å². The van der Waals surface area contributed by atoms with Gasteiger partial charge in [-0.3, -0.25) is 0 Å². The van der Waals surface area contributed by atoms with Crippen LogP contribution in [-0.2, 0) is 5.41 Å². The number of hydrogen-bond acceptors (Lipinski definition) is 2. The number of benzene rings is 7. The van der Waals surface area contributed by atoms with Crippen LogP contribution in [0.1, 0.15) is 62.4 Å². The zero-order valence-electron chi connectivity index (χ0n) is 32.7. The molecule has 3 heteroatoms. The summed E-state index contributed by atoms with van der Waals surface area (Å²) in [6, 6.07) is 55.0. The Bertz CT molecular complexity index is 2950. The van der Waals surface area contributed by atoms with Crippen molar-refractivity contribution in [1.82, 2.24) is 4.57 Å². The van der Waals surface area contributed by atoms with Crippen LogP contribution in [-0.4, -0.2) is 10.3 Å². The van der Waals surface area contributed by atoms with Crippen molar-refractivity contribution in [1.29, 1.82) is 5.41 Å². The van der Waals surface area contributed by atoms with Gasteiger partial charge in [0.25, 0.3) is 0 Å². The highest BCUT2D eigenvalue weighted by molar-refractivity contribution is 6.18. The zero-order valence-corrected chi connectivity index (χ0v) is 32.7. The monoisotopic (exact) mass is 726 g/mol. The Balaban J connectivity index is 0.000000216. The van der Waals surface area contributed by atoms with E-state index in [2.05, 4.69) is 129 Å². The van der Waals surface area contributed by atoms with Crippen molar-refractivity contribution in [3.63, 3.8) is 0 Å². The van der Waals surface area contributed by atoms with Gasteiger partial charge in [0.05, 0.1) is 16.7 Å². The first-order chi connectivity index (χ1) is 27.3. The summed E-state index contributed by atoms with van der Waals surface area (Å²) in [7, 11) is 0. The topological polar surface area (TPSA) is 41.9 Å². The lowest BCUT2D eigenvalue weighted by molar-refractivity contribution is 0.661. The molecule has 0 saturated carbocycles. The number of para-hydroxylation sites is 2. The van der Waals surface area contributed by atoms with Gasteiger partial charge in [-0.1, -0.05) is 162 Å². The molecule has 1 N–H and O–H groups in total. The molecule has 56 heavy (non-hydrogen) atoms. The van der Waals surface area contributed by atoms with Crippen molar-refractivity contribution in [3.05, 3.63) is 198 Å². The lowest BCUT2D eigenvalue weighted by Gasteiger charge is -2.21. The van der Waals surface area contributed by atoms with Gasteiger partial charge in [-0.2, -0.15) is 0 Å². The lowest BCUT2D eigenvalue weighted by Crippen LogP contribution is -2.14. The highest BCUT2D eigenvalue weighted by Crippen LogP contribution is 2.53. The first-order valence-electron chi connectivity index (χ1n) is 19.5. The first kappa shape index (κ1) is 36.3. The molecule has 2 heterocycles. The SMILES string of the molecule is C/C(=C\C(=N)c1ccccc1)c1cccc(-n2c3ccccc3c3c4c(ccc32)C(C)(C)c2ccccc2-4)c1.C=Cc1cccc2oc3ccccc3c12.CC. The Morgan fingerprint density at radius 3 is 2.09 bits per heavy atom. The molecule has 0 bridgehead atoms. The Kier molecular flexibility index (Phi) is 9.62. The van der Waals surface area contributed by atoms with Gasteiger partial charge in [0.15, 0.2) is 0 Å². The molecule has 0 fully saturated rings. The molecule has 0 amide bonds. The maximum atomic E-state index is 8.60. The van der Waals surface area contributed by atoms with E-state index in [0.29, 0.717) is 5.71 Å². The molecule has 0 radical (unpaired) electrons. The first-order valence-corrected chi connectivity index (χ1v) is 19.5. The summed E-state index contributed by atoms with van der Waals surface area (Å²) in [5.74, 6) is 0. The van der Waals surface area contributed by atoms with E-state index in [1.165, 1.54) is 44.1 Å². The Hall–Kier alpha value is -6.71. The van der Waals surface area contributed by atoms with Gasteiger partial charge in [-0.05, 0) is 93.9 Å². The van der Waals surface area contributed by atoms with E-state index in [0.717, 1.165) is 49.9 Å². The van der Waals surface area contributed by atoms with E-state index in [1.54, 1.807) is 0 Å². The van der Waals surface area contributed by atoms with Crippen molar-refractivity contribution in [3.8, 4) is 16.8 Å². The Morgan fingerprint density at radius 2 is 1.29 bits per heavy atom. The molecule has 2 aromatic heterocycles. The summed E-state index contributed by atoms with van der Waals surface area (Å²) in [5.41, 5.74) is 15.6. The minimum Gasteiger partial charge on any atom is -0.456 e. The second-order valence-corrected chi connectivity index (χ2v) is 14.6. The van der Waals surface area contributed by atoms with E-state index in [-0.39, 0.29) is 5.41 Å². The van der Waals surface area contributed by atoms with Crippen LogP contribution in [0, 0.1) is 5.41 Å². The largest absolute Gasteiger partial charge is 0.456 e. The third-order valence-corrected chi connectivity index (χ3v) is 11.0. The fourth-order valence-corrected chi connectivity index (χ4v) is 8.39. The zero-order chi connectivity index (χ0) is 39.0. The predicted molar refractivity (Wildman–Crippen MR) is 240 cm³/mol. The number of hydrogen-bond donors (Lipinski definition) is 1. The van der Waals surface area contributed by atoms with E-state index in [4.69, 9.17) is 9.83 Å². The summed E-state index contributed by atoms with van der Waals surface area (Å²) in [6.07, 6.45) is 3.83. The summed E-state index contributed by atoms with van der Waals surface area (Å²) >= 11 is 0. The maximum absolute atomic E-state index is 8.60. The molecule has 0 saturated heterocycles. The number of rotatable bonds is 5. The molecular formula is C53H46N2O. The Labute approximate surface area is 329 Å². The molecule has 0 spiro atoms. The molecule has 0 atom stereocenters. The highest BCUT2D eigenvalue weighted by atomic mass is 16.3. The van der Waals surface area contributed by atoms with Crippen LogP contribution in [0.5, 0.6) is 0 Å². The van der Waals surface area contributed by atoms with Crippen LogP contribution in [0.3, 0.4) is 0 Å². The van der Waals surface area contributed by atoms with E-state index < -0.39 is 0 Å². The van der Waals surface area contributed by atoms with Crippen LogP contribution in [0.2, 0.25) is 0 Å². The molecule has 0 aliphatic heterocycles. The molecule has 9 aromatic rings. The van der Waals surface area contributed by atoms with Gasteiger partial charge in [0.1, 0.15) is 11.2 Å². The van der Waals surface area contributed by atoms with Gasteiger partial charge in [0.2, 0.25) is 0 Å². The second-order valence-electron chi connectivity index (χ2n) is 14.6. The lowest BCUT2D eigenvalue weighted by atomic mass is 9.82. The van der Waals surface area contributed by atoms with E-state index in [1.807, 2.05) is 86.7 Å². The second kappa shape index (κ2) is 14.8. The van der Waals surface area contributed by atoms with Crippen LogP contribution in [0.4, 0.5) is 0 Å². The minimum absolute atomic E-state index is 0.0334. The molecule has 10 rings (SSSR count). The van der Waals surface area contributed by atoms with Crippen LogP contribution in [0.15, 0.2) is 175 Å². The summed E-state index contributed by atoms with van der Waals surface area (Å²) in [5, 5.41) is 13.5. The third-order valence-electron chi connectivity index (χ3n) is 11.0. The number of nitrogens with one attached hydrogen (secondary N) is 1. The van der Waals surface area contributed by atoms with Gasteiger partial charge in [0, 0.05) is 32.6 Å². The number of fused-ring (bicyclic) bond motifs is 10. The van der Waals surface area contributed by atoms with Gasteiger partial charge in [-0.25, -0.2) is 0 Å². The number of furan rings is 1. The summed E-state index contributed by atoms with van der Waals surface area (Å²) < 4.78 is 8.15. The normalized spacial score (nSPS) is 12.8. The number of allylic oxidation sites excluding steroid dienone is 2. The van der Waals surface area contributed by atoms with Crippen molar-refractivity contribution in [2.75, 3.05) is 0 Å². The minimum atomic E-state index is -0.0334. The van der Waals surface area contributed by atoms with Crippen molar-refractivity contribution in [2.24, 2.45) is 0 Å². The Morgan fingerprint density at radius 1 is 0.625 bits per heavy atom. The van der Waals surface area contributed by atoms with E-state index >= 15 is 0 Å². The van der Waals surface area contributed by atoms with Gasteiger partial charge < -0.3 is 14.4 Å². The predicted octanol–water partition coefficient (Wildman–Crippen LogP) is 14.8. The maximum Gasteiger partial charge on any atom is 0.136 e. The fraction of sp³-hybridized carbons (Fsp3) is 0.113.